The van der Waals surface area contributed by atoms with E-state index in [9.17, 15) is 4.39 Å². The summed E-state index contributed by atoms with van der Waals surface area (Å²) in [6.45, 7) is 2.26. The molecule has 0 aliphatic heterocycles. The van der Waals surface area contributed by atoms with Gasteiger partial charge in [-0.3, -0.25) is 0 Å². The van der Waals surface area contributed by atoms with E-state index in [0.717, 1.165) is 18.3 Å². The third-order valence-electron chi connectivity index (χ3n) is 6.61. The van der Waals surface area contributed by atoms with Crippen LogP contribution in [0.4, 0.5) is 4.39 Å². The summed E-state index contributed by atoms with van der Waals surface area (Å²) in [5, 5.41) is 8.37. The first-order valence-electron chi connectivity index (χ1n) is 12.2. The molecule has 1 nitrogen and oxygen atoms in total. The number of nitrogens with zero attached hydrogens (tertiary/aromatic N) is 1. The number of aryl methyl sites for hydroxylation is 2. The molecule has 1 aliphatic carbocycles. The van der Waals surface area contributed by atoms with Crippen LogP contribution in [0.5, 0.6) is 0 Å². The van der Waals surface area contributed by atoms with Crippen molar-refractivity contribution in [2.75, 3.05) is 0 Å². The SMILES string of the molecule is CCCCCc1ccc(CCCC[C@H]2CC[C@H](CCC=CC=C(F)C#N)CC2)cc1. The fourth-order valence-corrected chi connectivity index (χ4v) is 4.64. The van der Waals surface area contributed by atoms with Crippen molar-refractivity contribution in [1.29, 1.82) is 5.26 Å². The van der Waals surface area contributed by atoms with Crippen LogP contribution in [0.3, 0.4) is 0 Å². The maximum Gasteiger partial charge on any atom is 0.199 e. The van der Waals surface area contributed by atoms with Crippen molar-refractivity contribution < 1.29 is 4.39 Å². The Morgan fingerprint density at radius 2 is 1.50 bits per heavy atom. The molecule has 0 unspecified atom stereocenters. The Hall–Kier alpha value is -1.88. The molecule has 30 heavy (non-hydrogen) atoms. The molecule has 0 heterocycles. The monoisotopic (exact) mass is 409 g/mol. The molecule has 1 aromatic carbocycles. The summed E-state index contributed by atoms with van der Waals surface area (Å²) in [7, 11) is 0. The highest BCUT2D eigenvalue weighted by atomic mass is 19.1. The summed E-state index contributed by atoms with van der Waals surface area (Å²) >= 11 is 0. The van der Waals surface area contributed by atoms with Gasteiger partial charge in [0.25, 0.3) is 0 Å². The fourth-order valence-electron chi connectivity index (χ4n) is 4.64. The molecule has 0 radical (unpaired) electrons. The van der Waals surface area contributed by atoms with Gasteiger partial charge in [-0.1, -0.05) is 94.7 Å². The van der Waals surface area contributed by atoms with Gasteiger partial charge in [-0.2, -0.15) is 9.65 Å². The van der Waals surface area contributed by atoms with Crippen molar-refractivity contribution >= 4 is 0 Å². The molecule has 2 rings (SSSR count). The first-order chi connectivity index (χ1) is 14.7. The summed E-state index contributed by atoms with van der Waals surface area (Å²) in [6, 6.07) is 10.8. The zero-order chi connectivity index (χ0) is 21.4. The van der Waals surface area contributed by atoms with Crippen molar-refractivity contribution in [2.45, 2.75) is 96.8 Å². The van der Waals surface area contributed by atoms with Crippen LogP contribution >= 0.6 is 0 Å². The number of hydrogen-bond donors (Lipinski definition) is 0. The number of halogens is 1. The number of rotatable bonds is 13. The lowest BCUT2D eigenvalue weighted by Crippen LogP contribution is -2.14. The van der Waals surface area contributed by atoms with Crippen LogP contribution in [-0.2, 0) is 12.8 Å². The minimum absolute atomic E-state index is 0.716. The van der Waals surface area contributed by atoms with Gasteiger partial charge in [0, 0.05) is 0 Å². The first-order valence-corrected chi connectivity index (χ1v) is 12.2. The number of hydrogen-bond acceptors (Lipinski definition) is 1. The van der Waals surface area contributed by atoms with Crippen LogP contribution in [0.25, 0.3) is 0 Å². The molecule has 0 amide bonds. The molecule has 1 fully saturated rings. The predicted octanol–water partition coefficient (Wildman–Crippen LogP) is 8.65. The Kier molecular flexibility index (Phi) is 12.2. The number of benzene rings is 1. The summed E-state index contributed by atoms with van der Waals surface area (Å²) in [4.78, 5) is 0. The van der Waals surface area contributed by atoms with Gasteiger partial charge in [0.05, 0.1) is 0 Å². The Balaban J connectivity index is 1.52. The highest BCUT2D eigenvalue weighted by Gasteiger charge is 2.20. The number of allylic oxidation sites excluding steroid dienone is 4. The van der Waals surface area contributed by atoms with Crippen LogP contribution < -0.4 is 0 Å². The maximum absolute atomic E-state index is 12.7. The van der Waals surface area contributed by atoms with E-state index in [1.54, 1.807) is 6.08 Å². The zero-order valence-electron chi connectivity index (χ0n) is 18.9. The quantitative estimate of drug-likeness (QED) is 0.182. The molecule has 0 atom stereocenters. The molecule has 164 valence electrons. The molecule has 1 aliphatic rings. The van der Waals surface area contributed by atoms with Gasteiger partial charge in [-0.15, -0.1) is 0 Å². The third kappa shape index (κ3) is 10.2. The second-order valence-corrected chi connectivity index (χ2v) is 9.04. The average Bonchev–Trinajstić information content (AvgIpc) is 2.78. The second kappa shape index (κ2) is 15.0. The molecule has 0 saturated heterocycles. The van der Waals surface area contributed by atoms with Crippen molar-refractivity contribution in [1.82, 2.24) is 0 Å². The lowest BCUT2D eigenvalue weighted by atomic mass is 9.78. The number of nitriles is 1. The molecule has 1 saturated carbocycles. The van der Waals surface area contributed by atoms with Gasteiger partial charge in [0.2, 0.25) is 0 Å². The van der Waals surface area contributed by atoms with E-state index in [4.69, 9.17) is 5.26 Å². The van der Waals surface area contributed by atoms with Gasteiger partial charge in [-0.25, -0.2) is 0 Å². The van der Waals surface area contributed by atoms with Crippen molar-refractivity contribution in [2.24, 2.45) is 11.8 Å². The normalized spacial score (nSPS) is 19.8. The maximum atomic E-state index is 12.7. The summed E-state index contributed by atoms with van der Waals surface area (Å²) in [5.74, 6) is 1.03. The topological polar surface area (TPSA) is 23.8 Å². The Bertz CT molecular complexity index is 672. The lowest BCUT2D eigenvalue weighted by molar-refractivity contribution is 0.250. The van der Waals surface area contributed by atoms with E-state index < -0.39 is 5.83 Å². The molecule has 0 aromatic heterocycles. The van der Waals surface area contributed by atoms with Crippen LogP contribution in [0.15, 0.2) is 48.3 Å². The van der Waals surface area contributed by atoms with Crippen molar-refractivity contribution in [3.63, 3.8) is 0 Å². The molecule has 0 spiro atoms. The minimum Gasteiger partial charge on any atom is -0.195 e. The average molecular weight is 410 g/mol. The third-order valence-corrected chi connectivity index (χ3v) is 6.61. The van der Waals surface area contributed by atoms with E-state index in [1.165, 1.54) is 107 Å². The van der Waals surface area contributed by atoms with E-state index in [-0.39, 0.29) is 0 Å². The number of unbranched alkanes of at least 4 members (excludes halogenated alkanes) is 3. The highest BCUT2D eigenvalue weighted by molar-refractivity contribution is 5.22. The smallest absolute Gasteiger partial charge is 0.195 e. The van der Waals surface area contributed by atoms with Gasteiger partial charge >= 0.3 is 0 Å². The van der Waals surface area contributed by atoms with Crippen LogP contribution in [0.1, 0.15) is 95.1 Å². The van der Waals surface area contributed by atoms with E-state index in [0.29, 0.717) is 0 Å². The predicted molar refractivity (Wildman–Crippen MR) is 126 cm³/mol. The van der Waals surface area contributed by atoms with Gasteiger partial charge < -0.3 is 0 Å². The largest absolute Gasteiger partial charge is 0.199 e. The van der Waals surface area contributed by atoms with E-state index in [2.05, 4.69) is 31.2 Å². The Morgan fingerprint density at radius 1 is 0.933 bits per heavy atom. The van der Waals surface area contributed by atoms with E-state index >= 15 is 0 Å². The summed E-state index contributed by atoms with van der Waals surface area (Å²) in [5.41, 5.74) is 2.99. The van der Waals surface area contributed by atoms with Crippen molar-refractivity contribution in [3.05, 3.63) is 59.4 Å². The van der Waals surface area contributed by atoms with Crippen LogP contribution in [0, 0.1) is 23.2 Å². The highest BCUT2D eigenvalue weighted by Crippen LogP contribution is 2.34. The fraction of sp³-hybridized carbons (Fsp3) is 0.607. The molecular weight excluding hydrogens is 369 g/mol. The summed E-state index contributed by atoms with van der Waals surface area (Å²) < 4.78 is 12.7. The molecule has 2 heteroatoms. The minimum atomic E-state index is -0.716. The van der Waals surface area contributed by atoms with E-state index in [1.807, 2.05) is 6.08 Å². The summed E-state index contributed by atoms with van der Waals surface area (Å²) in [6.07, 6.45) is 23.0. The van der Waals surface area contributed by atoms with Crippen LogP contribution in [-0.4, -0.2) is 0 Å². The molecule has 1 aromatic rings. The second-order valence-electron chi connectivity index (χ2n) is 9.04. The molecule has 0 bridgehead atoms. The zero-order valence-corrected chi connectivity index (χ0v) is 18.9. The first kappa shape index (κ1) is 24.4. The Morgan fingerprint density at radius 3 is 2.07 bits per heavy atom. The standard InChI is InChI=1S/C28H40FN/c1-2-3-5-10-24-15-19-26(20-16-24)12-8-9-13-27-21-17-25(18-22-27)11-6-4-7-14-28(29)23-30/h4,7,14-16,19-20,25,27H,2-3,5-6,8-13,17-18,21-22H2,1H3/t25-,27-. The Labute approximate surface area is 184 Å². The van der Waals surface area contributed by atoms with Gasteiger partial charge in [0.15, 0.2) is 5.83 Å². The van der Waals surface area contributed by atoms with Gasteiger partial charge in [-0.05, 0) is 67.6 Å². The molecule has 0 N–H and O–H groups in total. The van der Waals surface area contributed by atoms with Crippen molar-refractivity contribution in [3.8, 4) is 6.07 Å². The lowest BCUT2D eigenvalue weighted by Gasteiger charge is -2.28. The van der Waals surface area contributed by atoms with Crippen LogP contribution in [0.2, 0.25) is 0 Å². The molecular formula is C28H40FN. The van der Waals surface area contributed by atoms with Gasteiger partial charge in [0.1, 0.15) is 6.07 Å².